The zero-order chi connectivity index (χ0) is 16.5. The van der Waals surface area contributed by atoms with Gasteiger partial charge in [-0.1, -0.05) is 24.3 Å². The molecule has 0 unspecified atom stereocenters. The fraction of sp³-hybridized carbons (Fsp3) is 0.125. The molecule has 0 N–H and O–H groups in total. The van der Waals surface area contributed by atoms with Crippen molar-refractivity contribution < 1.29 is 46.3 Å². The smallest absolute Gasteiger partial charge is 0.127 e. The molecule has 0 bridgehead atoms. The van der Waals surface area contributed by atoms with Crippen LogP contribution in [0.3, 0.4) is 0 Å². The second-order valence-corrected chi connectivity index (χ2v) is 3.98. The van der Waals surface area contributed by atoms with Gasteiger partial charge >= 0.3 is 0 Å². The molecular formula is C16H14CuO6-2. The molecule has 0 aliphatic rings. The minimum atomic E-state index is -1.22. The van der Waals surface area contributed by atoms with E-state index in [1.54, 1.807) is 36.4 Å². The van der Waals surface area contributed by atoms with Gasteiger partial charge in [-0.05, 0) is 24.3 Å². The molecule has 1 radical (unpaired) electrons. The number of rotatable bonds is 4. The molecule has 0 aromatic heterocycles. The van der Waals surface area contributed by atoms with Crippen molar-refractivity contribution in [2.45, 2.75) is 0 Å². The van der Waals surface area contributed by atoms with E-state index in [0.717, 1.165) is 0 Å². The number of hydrogen-bond donors (Lipinski definition) is 0. The van der Waals surface area contributed by atoms with Crippen molar-refractivity contribution >= 4 is 11.9 Å². The predicted octanol–water partition coefficient (Wildman–Crippen LogP) is 0.115. The van der Waals surface area contributed by atoms with Crippen LogP contribution < -0.4 is 19.7 Å². The van der Waals surface area contributed by atoms with Crippen LogP contribution in [0.2, 0.25) is 0 Å². The summed E-state index contributed by atoms with van der Waals surface area (Å²) in [5.74, 6) is -1.79. The number of carboxylic acids is 2. The van der Waals surface area contributed by atoms with Crippen LogP contribution in [0, 0.1) is 0 Å². The Hall–Kier alpha value is -2.50. The minimum Gasteiger partial charge on any atom is -0.545 e. The van der Waals surface area contributed by atoms with E-state index < -0.39 is 11.9 Å². The minimum absolute atomic E-state index is 0. The van der Waals surface area contributed by atoms with Crippen LogP contribution in [-0.4, -0.2) is 26.2 Å². The summed E-state index contributed by atoms with van der Waals surface area (Å²) in [5, 5.41) is 20.8. The first-order chi connectivity index (χ1) is 10.5. The zero-order valence-electron chi connectivity index (χ0n) is 12.4. The number of para-hydroxylation sites is 2. The van der Waals surface area contributed by atoms with Crippen LogP contribution in [-0.2, 0) is 17.1 Å². The Balaban J connectivity index is 0.000000403. The first-order valence-corrected chi connectivity index (χ1v) is 6.20. The van der Waals surface area contributed by atoms with E-state index in [-0.39, 0.29) is 28.2 Å². The van der Waals surface area contributed by atoms with Crippen molar-refractivity contribution in [3.63, 3.8) is 0 Å². The third-order valence-corrected chi connectivity index (χ3v) is 2.65. The summed E-state index contributed by atoms with van der Waals surface area (Å²) in [6.07, 6.45) is 0. The van der Waals surface area contributed by atoms with Crippen LogP contribution in [0.25, 0.3) is 0 Å². The second kappa shape index (κ2) is 10.3. The fourth-order valence-electron chi connectivity index (χ4n) is 1.63. The number of carboxylic acid groups (broad SMARTS) is 2. The molecule has 0 atom stereocenters. The van der Waals surface area contributed by atoms with Crippen LogP contribution in [0.4, 0.5) is 0 Å². The predicted molar refractivity (Wildman–Crippen MR) is 74.6 cm³/mol. The Labute approximate surface area is 144 Å². The summed E-state index contributed by atoms with van der Waals surface area (Å²) < 4.78 is 9.57. The van der Waals surface area contributed by atoms with Crippen LogP contribution in [0.1, 0.15) is 20.7 Å². The van der Waals surface area contributed by atoms with Crippen LogP contribution in [0.15, 0.2) is 48.5 Å². The fourth-order valence-corrected chi connectivity index (χ4v) is 1.63. The topological polar surface area (TPSA) is 98.7 Å². The first kappa shape index (κ1) is 20.5. The number of hydrogen-bond acceptors (Lipinski definition) is 6. The zero-order valence-corrected chi connectivity index (χ0v) is 13.3. The van der Waals surface area contributed by atoms with Crippen LogP contribution in [0.5, 0.6) is 11.5 Å². The molecule has 0 fully saturated rings. The van der Waals surface area contributed by atoms with E-state index in [0.29, 0.717) is 11.5 Å². The molecule has 127 valence electrons. The molecule has 0 saturated carbocycles. The number of carbonyl (C=O) groups is 2. The van der Waals surface area contributed by atoms with E-state index in [1.807, 2.05) is 0 Å². The van der Waals surface area contributed by atoms with Gasteiger partial charge in [0.05, 0.1) is 26.2 Å². The van der Waals surface area contributed by atoms with Crippen molar-refractivity contribution in [2.24, 2.45) is 0 Å². The molecule has 7 heteroatoms. The quantitative estimate of drug-likeness (QED) is 0.713. The third kappa shape index (κ3) is 6.02. The number of methoxy groups -OCH3 is 2. The number of benzene rings is 2. The number of aromatic carboxylic acids is 2. The van der Waals surface area contributed by atoms with Crippen molar-refractivity contribution in [1.82, 2.24) is 0 Å². The average Bonchev–Trinajstić information content (AvgIpc) is 2.55. The molecule has 0 saturated heterocycles. The van der Waals surface area contributed by atoms with E-state index in [2.05, 4.69) is 0 Å². The summed E-state index contributed by atoms with van der Waals surface area (Å²) in [6, 6.07) is 12.7. The maximum Gasteiger partial charge on any atom is 0.127 e. The van der Waals surface area contributed by atoms with Gasteiger partial charge in [0.1, 0.15) is 11.5 Å². The summed E-state index contributed by atoms with van der Waals surface area (Å²) in [6.45, 7) is 0. The molecule has 0 aliphatic carbocycles. The van der Waals surface area contributed by atoms with Gasteiger partial charge in [-0.25, -0.2) is 0 Å². The third-order valence-electron chi connectivity index (χ3n) is 2.65. The summed E-state index contributed by atoms with van der Waals surface area (Å²) in [7, 11) is 2.84. The Morgan fingerprint density at radius 1 is 0.739 bits per heavy atom. The molecule has 2 aromatic carbocycles. The van der Waals surface area contributed by atoms with Crippen molar-refractivity contribution in [3.8, 4) is 11.5 Å². The summed E-state index contributed by atoms with van der Waals surface area (Å²) in [5.41, 5.74) is 0.157. The SMILES string of the molecule is COc1ccccc1C(=O)[O-].COc1ccccc1C(=O)[O-].[Cu]. The molecule has 0 heterocycles. The van der Waals surface area contributed by atoms with Gasteiger partial charge in [0.25, 0.3) is 0 Å². The van der Waals surface area contributed by atoms with Crippen molar-refractivity contribution in [2.75, 3.05) is 14.2 Å². The molecule has 6 nitrogen and oxygen atoms in total. The molecule has 0 amide bonds. The standard InChI is InChI=1S/2C8H8O3.Cu/c2*1-11-7-5-3-2-4-6(7)8(9)10;/h2*2-5H,1H3,(H,9,10);/p-2. The molecule has 23 heavy (non-hydrogen) atoms. The van der Waals surface area contributed by atoms with Gasteiger partial charge in [-0.15, -0.1) is 0 Å². The molecule has 0 aliphatic heterocycles. The molecule has 2 aromatic rings. The van der Waals surface area contributed by atoms with Gasteiger partial charge in [0.2, 0.25) is 0 Å². The van der Waals surface area contributed by atoms with Crippen molar-refractivity contribution in [1.29, 1.82) is 0 Å². The Kier molecular flexibility index (Phi) is 9.15. The molecule has 2 rings (SSSR count). The number of carbonyl (C=O) groups excluding carboxylic acids is 2. The summed E-state index contributed by atoms with van der Waals surface area (Å²) in [4.78, 5) is 20.8. The van der Waals surface area contributed by atoms with Gasteiger partial charge in [-0.3, -0.25) is 0 Å². The average molecular weight is 366 g/mol. The summed E-state index contributed by atoms with van der Waals surface area (Å²) >= 11 is 0. The van der Waals surface area contributed by atoms with E-state index in [1.165, 1.54) is 26.4 Å². The number of ether oxygens (including phenoxy) is 2. The van der Waals surface area contributed by atoms with Gasteiger partial charge in [0, 0.05) is 28.2 Å². The van der Waals surface area contributed by atoms with E-state index in [4.69, 9.17) is 9.47 Å². The van der Waals surface area contributed by atoms with Gasteiger partial charge in [0.15, 0.2) is 0 Å². The second-order valence-electron chi connectivity index (χ2n) is 3.98. The van der Waals surface area contributed by atoms with Gasteiger partial charge in [-0.2, -0.15) is 0 Å². The molecular weight excluding hydrogens is 352 g/mol. The maximum atomic E-state index is 10.4. The normalized spacial score (nSPS) is 8.78. The monoisotopic (exact) mass is 365 g/mol. The maximum absolute atomic E-state index is 10.4. The van der Waals surface area contributed by atoms with E-state index >= 15 is 0 Å². The largest absolute Gasteiger partial charge is 0.545 e. The van der Waals surface area contributed by atoms with E-state index in [9.17, 15) is 19.8 Å². The molecule has 0 spiro atoms. The first-order valence-electron chi connectivity index (χ1n) is 6.20. The Morgan fingerprint density at radius 3 is 1.26 bits per heavy atom. The van der Waals surface area contributed by atoms with Crippen LogP contribution >= 0.6 is 0 Å². The van der Waals surface area contributed by atoms with Crippen molar-refractivity contribution in [3.05, 3.63) is 59.7 Å². The Morgan fingerprint density at radius 2 is 1.04 bits per heavy atom. The Bertz CT molecular complexity index is 599. The van der Waals surface area contributed by atoms with Gasteiger partial charge < -0.3 is 29.3 Å².